The molecule has 4 nitrogen and oxygen atoms in total. The normalized spacial score (nSPS) is 10.3. The Balaban J connectivity index is 1.85. The van der Waals surface area contributed by atoms with Gasteiger partial charge in [0.15, 0.2) is 0 Å². The summed E-state index contributed by atoms with van der Waals surface area (Å²) >= 11 is 0. The molecule has 0 aromatic heterocycles. The number of hydrogen-bond donors (Lipinski definition) is 1. The van der Waals surface area contributed by atoms with Crippen LogP contribution in [0.1, 0.15) is 34.0 Å². The zero-order valence-corrected chi connectivity index (χ0v) is 14.8. The number of ether oxygens (including phenoxy) is 2. The second-order valence-electron chi connectivity index (χ2n) is 5.79. The molecule has 0 aliphatic carbocycles. The topological polar surface area (TPSA) is 47.6 Å². The molecule has 0 radical (unpaired) electrons. The Bertz CT molecular complexity index is 710. The van der Waals surface area contributed by atoms with E-state index >= 15 is 0 Å². The fourth-order valence-electron chi connectivity index (χ4n) is 2.40. The SMILES string of the molecule is CCOc1ccc(C(=O)NCCOc2cc(C)ccc2C)cc1C. The standard InChI is InChI=1S/C20H25NO3/c1-5-23-18-9-8-17(13-16(18)4)20(22)21-10-11-24-19-12-14(2)6-7-15(19)3/h6-9,12-13H,5,10-11H2,1-4H3,(H,21,22). The lowest BCUT2D eigenvalue weighted by Gasteiger charge is -2.12. The van der Waals surface area contributed by atoms with Gasteiger partial charge in [-0.1, -0.05) is 12.1 Å². The van der Waals surface area contributed by atoms with Gasteiger partial charge in [0.05, 0.1) is 13.2 Å². The highest BCUT2D eigenvalue weighted by molar-refractivity contribution is 5.94. The molecule has 128 valence electrons. The van der Waals surface area contributed by atoms with Crippen LogP contribution < -0.4 is 14.8 Å². The first-order valence-electron chi connectivity index (χ1n) is 8.23. The summed E-state index contributed by atoms with van der Waals surface area (Å²) in [6.07, 6.45) is 0. The third-order valence-electron chi connectivity index (χ3n) is 3.73. The van der Waals surface area contributed by atoms with Crippen LogP contribution in [-0.2, 0) is 0 Å². The predicted octanol–water partition coefficient (Wildman–Crippen LogP) is 3.82. The van der Waals surface area contributed by atoms with Gasteiger partial charge in [0.2, 0.25) is 0 Å². The molecule has 0 heterocycles. The van der Waals surface area contributed by atoms with Crippen molar-refractivity contribution in [1.29, 1.82) is 0 Å². The van der Waals surface area contributed by atoms with E-state index < -0.39 is 0 Å². The Kier molecular flexibility index (Phi) is 6.24. The van der Waals surface area contributed by atoms with E-state index in [9.17, 15) is 4.79 Å². The van der Waals surface area contributed by atoms with Gasteiger partial charge in [0.25, 0.3) is 5.91 Å². The zero-order chi connectivity index (χ0) is 17.5. The van der Waals surface area contributed by atoms with Gasteiger partial charge < -0.3 is 14.8 Å². The maximum absolute atomic E-state index is 12.2. The van der Waals surface area contributed by atoms with E-state index in [0.29, 0.717) is 25.3 Å². The summed E-state index contributed by atoms with van der Waals surface area (Å²) in [5.41, 5.74) is 3.83. The molecule has 4 heteroatoms. The van der Waals surface area contributed by atoms with Gasteiger partial charge in [0.1, 0.15) is 18.1 Å². The lowest BCUT2D eigenvalue weighted by Crippen LogP contribution is -2.28. The van der Waals surface area contributed by atoms with E-state index in [-0.39, 0.29) is 5.91 Å². The van der Waals surface area contributed by atoms with Gasteiger partial charge >= 0.3 is 0 Å². The number of nitrogens with one attached hydrogen (secondary N) is 1. The van der Waals surface area contributed by atoms with Crippen molar-refractivity contribution in [3.8, 4) is 11.5 Å². The average Bonchev–Trinajstić information content (AvgIpc) is 2.56. The molecule has 1 amide bonds. The first-order chi connectivity index (χ1) is 11.5. The Labute approximate surface area is 143 Å². The van der Waals surface area contributed by atoms with Crippen LogP contribution in [-0.4, -0.2) is 25.7 Å². The third-order valence-corrected chi connectivity index (χ3v) is 3.73. The van der Waals surface area contributed by atoms with Crippen LogP contribution >= 0.6 is 0 Å². The van der Waals surface area contributed by atoms with Crippen molar-refractivity contribution in [1.82, 2.24) is 5.32 Å². The van der Waals surface area contributed by atoms with Gasteiger partial charge in [-0.05, 0) is 68.7 Å². The molecule has 0 saturated heterocycles. The van der Waals surface area contributed by atoms with Crippen LogP contribution in [0.25, 0.3) is 0 Å². The molecule has 24 heavy (non-hydrogen) atoms. The number of amides is 1. The van der Waals surface area contributed by atoms with E-state index in [1.807, 2.05) is 52.0 Å². The van der Waals surface area contributed by atoms with Crippen molar-refractivity contribution in [3.05, 3.63) is 58.7 Å². The number of carbonyl (C=O) groups is 1. The molecule has 0 unspecified atom stereocenters. The number of aryl methyl sites for hydroxylation is 3. The molecule has 0 aliphatic rings. The molecule has 0 aliphatic heterocycles. The number of carbonyl (C=O) groups excluding carboxylic acids is 1. The fraction of sp³-hybridized carbons (Fsp3) is 0.350. The monoisotopic (exact) mass is 327 g/mol. The van der Waals surface area contributed by atoms with Crippen molar-refractivity contribution in [2.45, 2.75) is 27.7 Å². The number of hydrogen-bond acceptors (Lipinski definition) is 3. The average molecular weight is 327 g/mol. The fourth-order valence-corrected chi connectivity index (χ4v) is 2.40. The molecular weight excluding hydrogens is 302 g/mol. The van der Waals surface area contributed by atoms with E-state index in [0.717, 1.165) is 28.2 Å². The van der Waals surface area contributed by atoms with Crippen molar-refractivity contribution in [2.24, 2.45) is 0 Å². The van der Waals surface area contributed by atoms with Gasteiger partial charge in [-0.25, -0.2) is 0 Å². The summed E-state index contributed by atoms with van der Waals surface area (Å²) in [6, 6.07) is 11.5. The van der Waals surface area contributed by atoms with Crippen molar-refractivity contribution >= 4 is 5.91 Å². The minimum atomic E-state index is -0.106. The molecular formula is C20H25NO3. The molecule has 2 aromatic carbocycles. The minimum absolute atomic E-state index is 0.106. The van der Waals surface area contributed by atoms with Crippen molar-refractivity contribution in [2.75, 3.05) is 19.8 Å². The molecule has 2 rings (SSSR count). The highest BCUT2D eigenvalue weighted by Gasteiger charge is 2.08. The second-order valence-corrected chi connectivity index (χ2v) is 5.79. The molecule has 0 atom stereocenters. The molecule has 0 fully saturated rings. The van der Waals surface area contributed by atoms with Crippen LogP contribution in [0.4, 0.5) is 0 Å². The van der Waals surface area contributed by atoms with Crippen LogP contribution in [0.15, 0.2) is 36.4 Å². The number of benzene rings is 2. The second kappa shape index (κ2) is 8.39. The van der Waals surface area contributed by atoms with Gasteiger partial charge in [-0.15, -0.1) is 0 Å². The highest BCUT2D eigenvalue weighted by Crippen LogP contribution is 2.20. The van der Waals surface area contributed by atoms with Gasteiger partial charge in [-0.2, -0.15) is 0 Å². The van der Waals surface area contributed by atoms with E-state index in [4.69, 9.17) is 9.47 Å². The smallest absolute Gasteiger partial charge is 0.251 e. The van der Waals surface area contributed by atoms with E-state index in [1.165, 1.54) is 0 Å². The molecule has 2 aromatic rings. The summed E-state index contributed by atoms with van der Waals surface area (Å²) in [6.45, 7) is 9.42. The van der Waals surface area contributed by atoms with Crippen molar-refractivity contribution < 1.29 is 14.3 Å². The van der Waals surface area contributed by atoms with Crippen LogP contribution in [0.5, 0.6) is 11.5 Å². The Hall–Kier alpha value is -2.49. The van der Waals surface area contributed by atoms with Crippen LogP contribution in [0.2, 0.25) is 0 Å². The summed E-state index contributed by atoms with van der Waals surface area (Å²) in [5.74, 6) is 1.57. The lowest BCUT2D eigenvalue weighted by atomic mass is 10.1. The Morgan fingerprint density at radius 1 is 0.958 bits per heavy atom. The Morgan fingerprint density at radius 3 is 2.46 bits per heavy atom. The summed E-state index contributed by atoms with van der Waals surface area (Å²) < 4.78 is 11.2. The van der Waals surface area contributed by atoms with Crippen LogP contribution in [0.3, 0.4) is 0 Å². The first kappa shape index (κ1) is 17.9. The highest BCUT2D eigenvalue weighted by atomic mass is 16.5. The molecule has 1 N–H and O–H groups in total. The number of rotatable bonds is 7. The maximum atomic E-state index is 12.2. The Morgan fingerprint density at radius 2 is 1.75 bits per heavy atom. The van der Waals surface area contributed by atoms with Crippen molar-refractivity contribution in [3.63, 3.8) is 0 Å². The van der Waals surface area contributed by atoms with E-state index in [2.05, 4.69) is 11.4 Å². The largest absolute Gasteiger partial charge is 0.494 e. The predicted molar refractivity (Wildman–Crippen MR) is 96.1 cm³/mol. The summed E-state index contributed by atoms with van der Waals surface area (Å²) in [7, 11) is 0. The molecule has 0 bridgehead atoms. The molecule has 0 spiro atoms. The summed E-state index contributed by atoms with van der Waals surface area (Å²) in [5, 5.41) is 2.88. The molecule has 0 saturated carbocycles. The van der Waals surface area contributed by atoms with Gasteiger partial charge in [-0.3, -0.25) is 4.79 Å². The quantitative estimate of drug-likeness (QED) is 0.787. The summed E-state index contributed by atoms with van der Waals surface area (Å²) in [4.78, 5) is 12.2. The van der Waals surface area contributed by atoms with Crippen LogP contribution in [0, 0.1) is 20.8 Å². The third kappa shape index (κ3) is 4.75. The maximum Gasteiger partial charge on any atom is 0.251 e. The minimum Gasteiger partial charge on any atom is -0.494 e. The van der Waals surface area contributed by atoms with E-state index in [1.54, 1.807) is 6.07 Å². The lowest BCUT2D eigenvalue weighted by molar-refractivity contribution is 0.0947. The first-order valence-corrected chi connectivity index (χ1v) is 8.23. The zero-order valence-electron chi connectivity index (χ0n) is 14.8. The van der Waals surface area contributed by atoms with Gasteiger partial charge in [0, 0.05) is 5.56 Å².